The molecule has 0 saturated carbocycles. The topological polar surface area (TPSA) is 109 Å². The van der Waals surface area contributed by atoms with E-state index < -0.39 is 24.3 Å². The van der Waals surface area contributed by atoms with Crippen molar-refractivity contribution in [2.45, 2.75) is 37.6 Å². The van der Waals surface area contributed by atoms with Crippen molar-refractivity contribution in [3.63, 3.8) is 0 Å². The Balaban J connectivity index is 2.13. The number of hydrogen-bond acceptors (Lipinski definition) is 3. The lowest BCUT2D eigenvalue weighted by Crippen LogP contribution is -2.45. The van der Waals surface area contributed by atoms with Gasteiger partial charge in [0.05, 0.1) is 12.3 Å². The predicted molar refractivity (Wildman–Crippen MR) is 75.5 cm³/mol. The lowest BCUT2D eigenvalue weighted by molar-refractivity contribution is -0.143. The molecule has 1 aliphatic rings. The van der Waals surface area contributed by atoms with Crippen LogP contribution < -0.4 is 11.1 Å². The molecular formula is C15H18N2O4. The number of carbonyl (C=O) groups excluding carboxylic acids is 2. The number of nitrogens with one attached hydrogen (secondary N) is 1. The molecular weight excluding hydrogens is 272 g/mol. The van der Waals surface area contributed by atoms with E-state index in [0.29, 0.717) is 6.42 Å². The molecule has 6 nitrogen and oxygen atoms in total. The fourth-order valence-corrected chi connectivity index (χ4v) is 2.70. The summed E-state index contributed by atoms with van der Waals surface area (Å²) in [7, 11) is 0. The summed E-state index contributed by atoms with van der Waals surface area (Å²) >= 11 is 0. The van der Waals surface area contributed by atoms with Gasteiger partial charge >= 0.3 is 5.97 Å². The first-order chi connectivity index (χ1) is 9.99. The lowest BCUT2D eigenvalue weighted by atomic mass is 9.82. The van der Waals surface area contributed by atoms with Crippen molar-refractivity contribution in [3.05, 3.63) is 35.4 Å². The number of fused-ring (bicyclic) bond motifs is 1. The lowest BCUT2D eigenvalue weighted by Gasteiger charge is -2.25. The fourth-order valence-electron chi connectivity index (χ4n) is 2.70. The van der Waals surface area contributed by atoms with Crippen LogP contribution in [0.5, 0.6) is 0 Å². The minimum atomic E-state index is -1.27. The molecule has 1 aromatic carbocycles. The van der Waals surface area contributed by atoms with Gasteiger partial charge in [0.25, 0.3) is 0 Å². The van der Waals surface area contributed by atoms with Gasteiger partial charge in [-0.1, -0.05) is 24.3 Å². The van der Waals surface area contributed by atoms with Gasteiger partial charge in [0.1, 0.15) is 6.04 Å². The van der Waals surface area contributed by atoms with Gasteiger partial charge in [-0.05, 0) is 30.4 Å². The first kappa shape index (κ1) is 15.0. The minimum Gasteiger partial charge on any atom is -0.480 e. The molecule has 6 heteroatoms. The van der Waals surface area contributed by atoms with E-state index in [-0.39, 0.29) is 11.8 Å². The second-order valence-electron chi connectivity index (χ2n) is 5.21. The van der Waals surface area contributed by atoms with Gasteiger partial charge in [0.2, 0.25) is 11.8 Å². The summed E-state index contributed by atoms with van der Waals surface area (Å²) in [5.74, 6) is -2.75. The normalized spacial score (nSPS) is 18.4. The maximum absolute atomic E-state index is 12.3. The van der Waals surface area contributed by atoms with Gasteiger partial charge in [-0.15, -0.1) is 0 Å². The van der Waals surface area contributed by atoms with E-state index in [4.69, 9.17) is 10.8 Å². The van der Waals surface area contributed by atoms with Crippen LogP contribution in [0.2, 0.25) is 0 Å². The predicted octanol–water partition coefficient (Wildman–Crippen LogP) is 0.551. The molecule has 0 bridgehead atoms. The molecule has 1 aromatic rings. The maximum Gasteiger partial charge on any atom is 0.326 e. The summed E-state index contributed by atoms with van der Waals surface area (Å²) in [6.45, 7) is 0. The van der Waals surface area contributed by atoms with Crippen molar-refractivity contribution in [1.82, 2.24) is 5.32 Å². The zero-order valence-electron chi connectivity index (χ0n) is 11.5. The molecule has 0 radical (unpaired) electrons. The van der Waals surface area contributed by atoms with E-state index in [9.17, 15) is 14.4 Å². The number of carboxylic acid groups (broad SMARTS) is 1. The number of hydrogen-bond donors (Lipinski definition) is 3. The van der Waals surface area contributed by atoms with Crippen molar-refractivity contribution in [3.8, 4) is 0 Å². The first-order valence-electron chi connectivity index (χ1n) is 6.88. The van der Waals surface area contributed by atoms with E-state index in [2.05, 4.69) is 5.32 Å². The van der Waals surface area contributed by atoms with Crippen LogP contribution in [0.4, 0.5) is 0 Å². The fraction of sp³-hybridized carbons (Fsp3) is 0.400. The summed E-state index contributed by atoms with van der Waals surface area (Å²) in [5.41, 5.74) is 7.06. The van der Waals surface area contributed by atoms with Crippen LogP contribution in [-0.2, 0) is 20.8 Å². The van der Waals surface area contributed by atoms with Gasteiger partial charge in [-0.25, -0.2) is 4.79 Å². The molecule has 0 fully saturated rings. The number of aryl methyl sites for hydroxylation is 1. The van der Waals surface area contributed by atoms with Crippen LogP contribution in [0.25, 0.3) is 0 Å². The van der Waals surface area contributed by atoms with Crippen molar-refractivity contribution in [2.24, 2.45) is 5.73 Å². The van der Waals surface area contributed by atoms with Crippen molar-refractivity contribution in [1.29, 1.82) is 0 Å². The molecule has 4 N–H and O–H groups in total. The molecule has 1 unspecified atom stereocenters. The van der Waals surface area contributed by atoms with E-state index in [0.717, 1.165) is 24.0 Å². The average Bonchev–Trinajstić information content (AvgIpc) is 2.45. The van der Waals surface area contributed by atoms with Crippen LogP contribution in [0.3, 0.4) is 0 Å². The average molecular weight is 290 g/mol. The largest absolute Gasteiger partial charge is 0.480 e. The van der Waals surface area contributed by atoms with Gasteiger partial charge in [0.15, 0.2) is 0 Å². The molecule has 21 heavy (non-hydrogen) atoms. The minimum absolute atomic E-state index is 0.365. The first-order valence-corrected chi connectivity index (χ1v) is 6.88. The van der Waals surface area contributed by atoms with E-state index >= 15 is 0 Å². The van der Waals surface area contributed by atoms with Gasteiger partial charge < -0.3 is 16.2 Å². The number of nitrogens with two attached hydrogens (primary N) is 1. The monoisotopic (exact) mass is 290 g/mol. The van der Waals surface area contributed by atoms with Crippen molar-refractivity contribution >= 4 is 17.8 Å². The Hall–Kier alpha value is -2.37. The highest BCUT2D eigenvalue weighted by atomic mass is 16.4. The van der Waals surface area contributed by atoms with Crippen molar-refractivity contribution < 1.29 is 19.5 Å². The van der Waals surface area contributed by atoms with Gasteiger partial charge in [-0.3, -0.25) is 9.59 Å². The standard InChI is InChI=1S/C15H18N2O4/c16-13(18)8-12(15(20)21)17-14(19)11-7-3-5-9-4-1-2-6-10(9)11/h1-2,4,6,11-12H,3,5,7-8H2,(H2,16,18)(H,17,19)(H,20,21)/t11?,12-/m0/s1. The Morgan fingerprint density at radius 2 is 2.05 bits per heavy atom. The summed E-state index contributed by atoms with van der Waals surface area (Å²) in [4.78, 5) is 34.3. The summed E-state index contributed by atoms with van der Waals surface area (Å²) in [6, 6.07) is 6.38. The third-order valence-corrected chi connectivity index (χ3v) is 3.71. The van der Waals surface area contributed by atoms with Crippen LogP contribution in [0.1, 0.15) is 36.3 Å². The number of benzene rings is 1. The Morgan fingerprint density at radius 3 is 2.71 bits per heavy atom. The van der Waals surface area contributed by atoms with Gasteiger partial charge in [0, 0.05) is 0 Å². The molecule has 112 valence electrons. The number of rotatable bonds is 5. The van der Waals surface area contributed by atoms with Gasteiger partial charge in [-0.2, -0.15) is 0 Å². The van der Waals surface area contributed by atoms with E-state index in [1.54, 1.807) is 0 Å². The molecule has 0 saturated heterocycles. The maximum atomic E-state index is 12.3. The van der Waals surface area contributed by atoms with Crippen LogP contribution >= 0.6 is 0 Å². The molecule has 0 aromatic heterocycles. The van der Waals surface area contributed by atoms with Crippen LogP contribution in [0.15, 0.2) is 24.3 Å². The molecule has 2 rings (SSSR count). The van der Waals surface area contributed by atoms with Crippen LogP contribution in [-0.4, -0.2) is 28.9 Å². The zero-order chi connectivity index (χ0) is 15.4. The Bertz CT molecular complexity index is 571. The third-order valence-electron chi connectivity index (χ3n) is 3.71. The number of amides is 2. The highest BCUT2D eigenvalue weighted by Crippen LogP contribution is 2.31. The van der Waals surface area contributed by atoms with Crippen molar-refractivity contribution in [2.75, 3.05) is 0 Å². The highest BCUT2D eigenvalue weighted by molar-refractivity contribution is 5.91. The second kappa shape index (κ2) is 6.39. The quantitative estimate of drug-likeness (QED) is 0.735. The number of carboxylic acids is 1. The molecule has 0 aliphatic heterocycles. The smallest absolute Gasteiger partial charge is 0.326 e. The molecule has 0 heterocycles. The zero-order valence-corrected chi connectivity index (χ0v) is 11.5. The Labute approximate surface area is 122 Å². The summed E-state index contributed by atoms with van der Waals surface area (Å²) < 4.78 is 0. The Morgan fingerprint density at radius 1 is 1.33 bits per heavy atom. The number of carbonyl (C=O) groups is 3. The SMILES string of the molecule is NC(=O)C[C@H](NC(=O)C1CCCc2ccccc21)C(=O)O. The number of aliphatic carboxylic acids is 1. The molecule has 2 atom stereocenters. The summed E-state index contributed by atoms with van der Waals surface area (Å²) in [5, 5.41) is 11.5. The van der Waals surface area contributed by atoms with E-state index in [1.807, 2.05) is 24.3 Å². The molecule has 1 aliphatic carbocycles. The molecule has 2 amide bonds. The number of primary amides is 1. The Kier molecular flexibility index (Phi) is 4.57. The molecule has 0 spiro atoms. The highest BCUT2D eigenvalue weighted by Gasteiger charge is 2.30. The van der Waals surface area contributed by atoms with Crippen LogP contribution in [0, 0.1) is 0 Å². The second-order valence-corrected chi connectivity index (χ2v) is 5.21. The van der Waals surface area contributed by atoms with E-state index in [1.165, 1.54) is 0 Å². The summed E-state index contributed by atoms with van der Waals surface area (Å²) in [6.07, 6.45) is 2.06. The third kappa shape index (κ3) is 3.59.